The van der Waals surface area contributed by atoms with Crippen LogP contribution in [0, 0.1) is 0 Å². The SMILES string of the molecule is CC(C)c1ccccc1[C@@H](Nc1c(C(C)C)cccc1C(C)C)c1cccc(-c2cccc3ccccc23)n1. The zero-order valence-corrected chi connectivity index (χ0v) is 24.1. The van der Waals surface area contributed by atoms with E-state index in [9.17, 15) is 0 Å². The minimum absolute atomic E-state index is 0.0871. The van der Waals surface area contributed by atoms with Crippen molar-refractivity contribution in [1.29, 1.82) is 0 Å². The lowest BCUT2D eigenvalue weighted by atomic mass is 9.88. The van der Waals surface area contributed by atoms with Crippen molar-refractivity contribution in [3.63, 3.8) is 0 Å². The van der Waals surface area contributed by atoms with E-state index in [1.165, 1.54) is 38.7 Å². The van der Waals surface area contributed by atoms with Crippen molar-refractivity contribution in [2.75, 3.05) is 5.32 Å². The largest absolute Gasteiger partial charge is 0.372 e. The fourth-order valence-corrected chi connectivity index (χ4v) is 5.68. The molecule has 0 aliphatic carbocycles. The van der Waals surface area contributed by atoms with E-state index < -0.39 is 0 Å². The van der Waals surface area contributed by atoms with Gasteiger partial charge in [-0.3, -0.25) is 4.98 Å². The van der Waals surface area contributed by atoms with Gasteiger partial charge in [0.1, 0.15) is 0 Å². The molecule has 0 bridgehead atoms. The van der Waals surface area contributed by atoms with E-state index in [1.807, 2.05) is 0 Å². The first-order chi connectivity index (χ1) is 18.8. The minimum Gasteiger partial charge on any atom is -0.372 e. The van der Waals surface area contributed by atoms with E-state index in [0.717, 1.165) is 17.0 Å². The van der Waals surface area contributed by atoms with E-state index in [-0.39, 0.29) is 6.04 Å². The summed E-state index contributed by atoms with van der Waals surface area (Å²) in [5.74, 6) is 1.21. The van der Waals surface area contributed by atoms with Crippen LogP contribution in [0.25, 0.3) is 22.0 Å². The number of nitrogens with zero attached hydrogens (tertiary/aromatic N) is 1. The molecule has 1 aromatic heterocycles. The fraction of sp³-hybridized carbons (Fsp3) is 0.270. The second-order valence-corrected chi connectivity index (χ2v) is 11.5. The lowest BCUT2D eigenvalue weighted by Crippen LogP contribution is -2.19. The summed E-state index contributed by atoms with van der Waals surface area (Å²) in [5, 5.41) is 6.52. The van der Waals surface area contributed by atoms with Gasteiger partial charge in [0.25, 0.3) is 0 Å². The maximum atomic E-state index is 5.35. The van der Waals surface area contributed by atoms with E-state index in [4.69, 9.17) is 4.98 Å². The highest BCUT2D eigenvalue weighted by Crippen LogP contribution is 2.39. The van der Waals surface area contributed by atoms with Crippen LogP contribution in [0.5, 0.6) is 0 Å². The highest BCUT2D eigenvalue weighted by atomic mass is 15.0. The molecule has 2 nitrogen and oxygen atoms in total. The number of nitrogens with one attached hydrogen (secondary N) is 1. The maximum absolute atomic E-state index is 5.35. The number of pyridine rings is 1. The second-order valence-electron chi connectivity index (χ2n) is 11.5. The van der Waals surface area contributed by atoms with Gasteiger partial charge in [-0.1, -0.05) is 133 Å². The summed E-state index contributed by atoms with van der Waals surface area (Å²) >= 11 is 0. The monoisotopic (exact) mass is 512 g/mol. The Morgan fingerprint density at radius 1 is 0.513 bits per heavy atom. The average molecular weight is 513 g/mol. The summed E-state index contributed by atoms with van der Waals surface area (Å²) in [6, 6.07) is 37.0. The van der Waals surface area contributed by atoms with Gasteiger partial charge < -0.3 is 5.32 Å². The van der Waals surface area contributed by atoms with E-state index in [2.05, 4.69) is 150 Å². The van der Waals surface area contributed by atoms with Crippen LogP contribution < -0.4 is 5.32 Å². The number of benzene rings is 4. The van der Waals surface area contributed by atoms with Gasteiger partial charge in [-0.05, 0) is 62.9 Å². The molecule has 1 N–H and O–H groups in total. The first kappa shape index (κ1) is 26.7. The maximum Gasteiger partial charge on any atom is 0.0943 e. The molecule has 0 aliphatic rings. The molecular weight excluding hydrogens is 472 g/mol. The van der Waals surface area contributed by atoms with Crippen LogP contribution in [0.15, 0.2) is 103 Å². The molecule has 0 aliphatic heterocycles. The van der Waals surface area contributed by atoms with Crippen molar-refractivity contribution in [2.45, 2.75) is 65.3 Å². The van der Waals surface area contributed by atoms with Crippen molar-refractivity contribution in [1.82, 2.24) is 4.98 Å². The molecule has 39 heavy (non-hydrogen) atoms. The van der Waals surface area contributed by atoms with Gasteiger partial charge in [0.15, 0.2) is 0 Å². The molecule has 1 atom stereocenters. The lowest BCUT2D eigenvalue weighted by Gasteiger charge is -2.29. The standard InChI is InChI=1S/C37H40N2/c1-24(2)28-16-9-10-18-33(28)37(39-36-29(25(3)4)19-12-20-30(36)26(5)6)35-23-13-22-34(38-35)32-21-11-15-27-14-7-8-17-31(27)32/h7-26,37,39H,1-6H3/t37-/m1/s1. The van der Waals surface area contributed by atoms with Crippen LogP contribution in [0.2, 0.25) is 0 Å². The Kier molecular flexibility index (Phi) is 7.84. The highest BCUT2D eigenvalue weighted by Gasteiger charge is 2.24. The Hall–Kier alpha value is -3.91. The molecular formula is C37H40N2. The fourth-order valence-electron chi connectivity index (χ4n) is 5.68. The van der Waals surface area contributed by atoms with Crippen LogP contribution in [0.3, 0.4) is 0 Å². The van der Waals surface area contributed by atoms with Gasteiger partial charge in [-0.2, -0.15) is 0 Å². The Balaban J connectivity index is 1.71. The number of anilines is 1. The van der Waals surface area contributed by atoms with Crippen LogP contribution in [0.1, 0.15) is 93.3 Å². The number of para-hydroxylation sites is 1. The molecule has 0 fully saturated rings. The zero-order chi connectivity index (χ0) is 27.5. The highest BCUT2D eigenvalue weighted by molar-refractivity contribution is 5.95. The molecule has 0 radical (unpaired) electrons. The van der Waals surface area contributed by atoms with Crippen molar-refractivity contribution in [3.8, 4) is 11.3 Å². The quantitative estimate of drug-likeness (QED) is 0.224. The summed E-state index contributed by atoms with van der Waals surface area (Å²) in [6.45, 7) is 13.7. The molecule has 0 amide bonds. The van der Waals surface area contributed by atoms with Gasteiger partial charge in [-0.15, -0.1) is 0 Å². The third-order valence-corrected chi connectivity index (χ3v) is 7.72. The van der Waals surface area contributed by atoms with Gasteiger partial charge in [0.05, 0.1) is 17.4 Å². The summed E-state index contributed by atoms with van der Waals surface area (Å²) in [4.78, 5) is 5.35. The Morgan fingerprint density at radius 2 is 1.05 bits per heavy atom. The van der Waals surface area contributed by atoms with Gasteiger partial charge >= 0.3 is 0 Å². The van der Waals surface area contributed by atoms with Gasteiger partial charge in [-0.25, -0.2) is 0 Å². The van der Waals surface area contributed by atoms with Crippen LogP contribution in [0.4, 0.5) is 5.69 Å². The molecule has 4 aromatic carbocycles. The number of hydrogen-bond donors (Lipinski definition) is 1. The van der Waals surface area contributed by atoms with Crippen LogP contribution >= 0.6 is 0 Å². The van der Waals surface area contributed by atoms with Crippen LogP contribution in [-0.2, 0) is 0 Å². The minimum atomic E-state index is -0.0871. The summed E-state index contributed by atoms with van der Waals surface area (Å²) in [6.07, 6.45) is 0. The molecule has 0 spiro atoms. The zero-order valence-electron chi connectivity index (χ0n) is 24.1. The molecule has 0 saturated carbocycles. The van der Waals surface area contributed by atoms with Crippen molar-refractivity contribution < 1.29 is 0 Å². The molecule has 2 heteroatoms. The number of hydrogen-bond acceptors (Lipinski definition) is 2. The second kappa shape index (κ2) is 11.5. The third-order valence-electron chi connectivity index (χ3n) is 7.72. The molecule has 5 rings (SSSR count). The molecule has 198 valence electrons. The third kappa shape index (κ3) is 5.47. The predicted octanol–water partition coefficient (Wildman–Crippen LogP) is 10.5. The average Bonchev–Trinajstić information content (AvgIpc) is 2.95. The Labute approximate surface area is 234 Å². The lowest BCUT2D eigenvalue weighted by molar-refractivity contribution is 0.788. The van der Waals surface area contributed by atoms with Crippen molar-refractivity contribution in [2.24, 2.45) is 0 Å². The van der Waals surface area contributed by atoms with E-state index >= 15 is 0 Å². The summed E-state index contributed by atoms with van der Waals surface area (Å²) in [7, 11) is 0. The molecule has 1 heterocycles. The topological polar surface area (TPSA) is 24.9 Å². The van der Waals surface area contributed by atoms with Gasteiger partial charge in [0, 0.05) is 11.3 Å². The summed E-state index contributed by atoms with van der Waals surface area (Å²) < 4.78 is 0. The molecule has 0 unspecified atom stereocenters. The Bertz CT molecular complexity index is 1550. The number of rotatable bonds is 8. The first-order valence-electron chi connectivity index (χ1n) is 14.3. The number of aromatic nitrogens is 1. The van der Waals surface area contributed by atoms with Crippen molar-refractivity contribution >= 4 is 16.5 Å². The van der Waals surface area contributed by atoms with E-state index in [1.54, 1.807) is 0 Å². The number of fused-ring (bicyclic) bond motifs is 1. The van der Waals surface area contributed by atoms with Gasteiger partial charge in [0.2, 0.25) is 0 Å². The smallest absolute Gasteiger partial charge is 0.0943 e. The molecule has 5 aromatic rings. The normalized spacial score (nSPS) is 12.4. The molecule has 0 saturated heterocycles. The van der Waals surface area contributed by atoms with Crippen LogP contribution in [-0.4, -0.2) is 4.98 Å². The van der Waals surface area contributed by atoms with E-state index in [0.29, 0.717) is 17.8 Å². The summed E-state index contributed by atoms with van der Waals surface area (Å²) in [5.41, 5.74) is 9.75. The predicted molar refractivity (Wildman–Crippen MR) is 168 cm³/mol. The first-order valence-corrected chi connectivity index (χ1v) is 14.3. The van der Waals surface area contributed by atoms with Crippen molar-refractivity contribution in [3.05, 3.63) is 131 Å². The Morgan fingerprint density at radius 3 is 1.74 bits per heavy atom.